The topological polar surface area (TPSA) is 88.1 Å². The van der Waals surface area contributed by atoms with Crippen molar-refractivity contribution in [2.75, 3.05) is 24.2 Å². The predicted molar refractivity (Wildman–Crippen MR) is 65.3 cm³/mol. The van der Waals surface area contributed by atoms with Crippen LogP contribution in [0.1, 0.15) is 18.9 Å². The first-order valence-corrected chi connectivity index (χ1v) is 5.37. The van der Waals surface area contributed by atoms with Crippen LogP contribution in [0.15, 0.2) is 18.2 Å². The SMILES string of the molecule is CCOC(=O)CCNc1cccc(C#N)c1N. The highest BCUT2D eigenvalue weighted by atomic mass is 16.5. The summed E-state index contributed by atoms with van der Waals surface area (Å²) in [6, 6.07) is 7.15. The van der Waals surface area contributed by atoms with Crippen molar-refractivity contribution in [3.05, 3.63) is 23.8 Å². The second kappa shape index (κ2) is 6.38. The van der Waals surface area contributed by atoms with Crippen molar-refractivity contribution in [2.24, 2.45) is 0 Å². The lowest BCUT2D eigenvalue weighted by Gasteiger charge is -2.09. The van der Waals surface area contributed by atoms with Crippen LogP contribution >= 0.6 is 0 Å². The first kappa shape index (κ1) is 12.8. The highest BCUT2D eigenvalue weighted by molar-refractivity contribution is 5.74. The number of hydrogen-bond donors (Lipinski definition) is 2. The number of nitrogens with two attached hydrogens (primary N) is 1. The molecule has 3 N–H and O–H groups in total. The number of nitrogens with zero attached hydrogens (tertiary/aromatic N) is 1. The molecule has 0 aromatic heterocycles. The van der Waals surface area contributed by atoms with E-state index in [1.165, 1.54) is 0 Å². The smallest absolute Gasteiger partial charge is 0.307 e. The fraction of sp³-hybridized carbons (Fsp3) is 0.333. The van der Waals surface area contributed by atoms with Crippen LogP contribution in [0.5, 0.6) is 0 Å². The number of carbonyl (C=O) groups excluding carboxylic acids is 1. The van der Waals surface area contributed by atoms with Crippen molar-refractivity contribution < 1.29 is 9.53 Å². The van der Waals surface area contributed by atoms with Gasteiger partial charge in [-0.2, -0.15) is 5.26 Å². The lowest BCUT2D eigenvalue weighted by atomic mass is 10.1. The minimum atomic E-state index is -0.255. The molecule has 0 spiro atoms. The molecule has 0 bridgehead atoms. The molecule has 0 heterocycles. The summed E-state index contributed by atoms with van der Waals surface area (Å²) < 4.78 is 4.79. The van der Waals surface area contributed by atoms with Crippen molar-refractivity contribution in [2.45, 2.75) is 13.3 Å². The molecule has 1 rings (SSSR count). The summed E-state index contributed by atoms with van der Waals surface area (Å²) in [5, 5.41) is 11.8. The van der Waals surface area contributed by atoms with E-state index >= 15 is 0 Å². The summed E-state index contributed by atoms with van der Waals surface area (Å²) in [7, 11) is 0. The molecule has 0 unspecified atom stereocenters. The van der Waals surface area contributed by atoms with E-state index in [-0.39, 0.29) is 12.4 Å². The van der Waals surface area contributed by atoms with E-state index in [9.17, 15) is 4.79 Å². The van der Waals surface area contributed by atoms with E-state index in [1.54, 1.807) is 25.1 Å². The first-order valence-electron chi connectivity index (χ1n) is 5.37. The molecule has 0 fully saturated rings. The number of nitriles is 1. The monoisotopic (exact) mass is 233 g/mol. The normalized spacial score (nSPS) is 9.41. The number of nitrogen functional groups attached to an aromatic ring is 1. The molecule has 0 amide bonds. The minimum Gasteiger partial charge on any atom is -0.466 e. The van der Waals surface area contributed by atoms with Gasteiger partial charge in [0.15, 0.2) is 0 Å². The summed E-state index contributed by atoms with van der Waals surface area (Å²) in [6.07, 6.45) is 0.268. The van der Waals surface area contributed by atoms with E-state index in [0.717, 1.165) is 0 Å². The van der Waals surface area contributed by atoms with Gasteiger partial charge in [0.25, 0.3) is 0 Å². The van der Waals surface area contributed by atoms with Crippen LogP contribution in [0.2, 0.25) is 0 Å². The van der Waals surface area contributed by atoms with Crippen LogP contribution in [-0.2, 0) is 9.53 Å². The molecule has 0 atom stereocenters. The first-order chi connectivity index (χ1) is 8.19. The third kappa shape index (κ3) is 3.68. The van der Waals surface area contributed by atoms with Gasteiger partial charge < -0.3 is 15.8 Å². The molecule has 0 saturated heterocycles. The maximum absolute atomic E-state index is 11.1. The molecular weight excluding hydrogens is 218 g/mol. The third-order valence-corrected chi connectivity index (χ3v) is 2.18. The average molecular weight is 233 g/mol. The molecule has 17 heavy (non-hydrogen) atoms. The zero-order chi connectivity index (χ0) is 12.7. The Labute approximate surface area is 100 Å². The number of hydrogen-bond acceptors (Lipinski definition) is 5. The number of rotatable bonds is 5. The van der Waals surface area contributed by atoms with Crippen LogP contribution in [0.4, 0.5) is 11.4 Å². The van der Waals surface area contributed by atoms with Crippen LogP contribution in [0, 0.1) is 11.3 Å². The Kier molecular flexibility index (Phi) is 4.82. The molecule has 0 aliphatic carbocycles. The lowest BCUT2D eigenvalue weighted by Crippen LogP contribution is -2.12. The Hall–Kier alpha value is -2.22. The van der Waals surface area contributed by atoms with Crippen molar-refractivity contribution in [1.82, 2.24) is 0 Å². The van der Waals surface area contributed by atoms with Crippen LogP contribution in [0.25, 0.3) is 0 Å². The number of para-hydroxylation sites is 1. The van der Waals surface area contributed by atoms with Crippen molar-refractivity contribution in [1.29, 1.82) is 5.26 Å². The number of ether oxygens (including phenoxy) is 1. The third-order valence-electron chi connectivity index (χ3n) is 2.18. The number of benzene rings is 1. The van der Waals surface area contributed by atoms with Gasteiger partial charge in [0.05, 0.1) is 30.0 Å². The number of nitrogens with one attached hydrogen (secondary N) is 1. The number of esters is 1. The van der Waals surface area contributed by atoms with Crippen molar-refractivity contribution in [3.63, 3.8) is 0 Å². The summed E-state index contributed by atoms with van der Waals surface area (Å²) in [4.78, 5) is 11.1. The van der Waals surface area contributed by atoms with E-state index in [2.05, 4.69) is 5.32 Å². The molecule has 0 saturated carbocycles. The van der Waals surface area contributed by atoms with Crippen LogP contribution in [-0.4, -0.2) is 19.1 Å². The second-order valence-corrected chi connectivity index (χ2v) is 3.36. The Morgan fingerprint density at radius 2 is 2.35 bits per heavy atom. The van der Waals surface area contributed by atoms with E-state index < -0.39 is 0 Å². The van der Waals surface area contributed by atoms with Gasteiger partial charge >= 0.3 is 5.97 Å². The van der Waals surface area contributed by atoms with Crippen molar-refractivity contribution >= 4 is 17.3 Å². The van der Waals surface area contributed by atoms with Gasteiger partial charge in [-0.25, -0.2) is 0 Å². The molecule has 90 valence electrons. The highest BCUT2D eigenvalue weighted by Crippen LogP contribution is 2.21. The Bertz CT molecular complexity index is 438. The summed E-state index contributed by atoms with van der Waals surface area (Å²) in [5.74, 6) is -0.255. The Balaban J connectivity index is 2.53. The second-order valence-electron chi connectivity index (χ2n) is 3.36. The Morgan fingerprint density at radius 1 is 1.59 bits per heavy atom. The molecule has 5 nitrogen and oxygen atoms in total. The van der Waals surface area contributed by atoms with Gasteiger partial charge in [0, 0.05) is 6.54 Å². The van der Waals surface area contributed by atoms with Crippen LogP contribution in [0.3, 0.4) is 0 Å². The lowest BCUT2D eigenvalue weighted by molar-refractivity contribution is -0.142. The van der Waals surface area contributed by atoms with Gasteiger partial charge in [0.2, 0.25) is 0 Å². The Morgan fingerprint density at radius 3 is 3.00 bits per heavy atom. The molecule has 1 aromatic carbocycles. The number of carbonyl (C=O) groups is 1. The molecule has 0 aliphatic rings. The van der Waals surface area contributed by atoms with Crippen LogP contribution < -0.4 is 11.1 Å². The maximum Gasteiger partial charge on any atom is 0.307 e. The van der Waals surface area contributed by atoms with Gasteiger partial charge in [-0.1, -0.05) is 6.07 Å². The molecule has 0 radical (unpaired) electrons. The van der Waals surface area contributed by atoms with E-state index in [0.29, 0.717) is 30.1 Å². The van der Waals surface area contributed by atoms with E-state index in [4.69, 9.17) is 15.7 Å². The van der Waals surface area contributed by atoms with Gasteiger partial charge in [-0.15, -0.1) is 0 Å². The van der Waals surface area contributed by atoms with Gasteiger partial charge in [0.1, 0.15) is 6.07 Å². The summed E-state index contributed by atoms with van der Waals surface area (Å²) >= 11 is 0. The van der Waals surface area contributed by atoms with E-state index in [1.807, 2.05) is 6.07 Å². The summed E-state index contributed by atoms with van der Waals surface area (Å²) in [5.41, 5.74) is 7.25. The quantitative estimate of drug-likeness (QED) is 0.594. The summed E-state index contributed by atoms with van der Waals surface area (Å²) in [6.45, 7) is 2.57. The van der Waals surface area contributed by atoms with Crippen molar-refractivity contribution in [3.8, 4) is 6.07 Å². The standard InChI is InChI=1S/C12H15N3O2/c1-2-17-11(16)6-7-15-10-5-3-4-9(8-13)12(10)14/h3-5,15H,2,6-7,14H2,1H3. The minimum absolute atomic E-state index is 0.255. The molecule has 0 aliphatic heterocycles. The molecule has 1 aromatic rings. The van der Waals surface area contributed by atoms with Gasteiger partial charge in [-0.05, 0) is 19.1 Å². The zero-order valence-electron chi connectivity index (χ0n) is 9.69. The molecular formula is C12H15N3O2. The average Bonchev–Trinajstić information content (AvgIpc) is 2.32. The fourth-order valence-electron chi connectivity index (χ4n) is 1.35. The largest absolute Gasteiger partial charge is 0.466 e. The van der Waals surface area contributed by atoms with Gasteiger partial charge in [-0.3, -0.25) is 4.79 Å². The maximum atomic E-state index is 11.1. The zero-order valence-corrected chi connectivity index (χ0v) is 9.69. The molecule has 5 heteroatoms. The fourth-order valence-corrected chi connectivity index (χ4v) is 1.35. The highest BCUT2D eigenvalue weighted by Gasteiger charge is 2.05. The predicted octanol–water partition coefficient (Wildman–Crippen LogP) is 1.51. The number of anilines is 2.